The summed E-state index contributed by atoms with van der Waals surface area (Å²) in [7, 11) is 0. The predicted octanol–water partition coefficient (Wildman–Crippen LogP) is 6.35. The molecule has 1 fully saturated rings. The number of likely N-dealkylation sites (tertiary alicyclic amines) is 1. The fourth-order valence-electron chi connectivity index (χ4n) is 8.71. The van der Waals surface area contributed by atoms with Gasteiger partial charge in [-0.3, -0.25) is 14.2 Å². The summed E-state index contributed by atoms with van der Waals surface area (Å²) >= 11 is 2.90. The molecule has 3 aliphatic rings. The lowest BCUT2D eigenvalue weighted by molar-refractivity contribution is -0.147. The molecule has 18 nitrogen and oxygen atoms in total. The minimum atomic E-state index is -4.45. The summed E-state index contributed by atoms with van der Waals surface area (Å²) < 4.78 is 58.1. The van der Waals surface area contributed by atoms with Crippen LogP contribution in [-0.4, -0.2) is 120 Å². The van der Waals surface area contributed by atoms with E-state index < -0.39 is 24.9 Å². The summed E-state index contributed by atoms with van der Waals surface area (Å²) in [6, 6.07) is 11.3. The van der Waals surface area contributed by atoms with Crippen LogP contribution in [0.3, 0.4) is 0 Å². The number of alkyl halides is 3. The van der Waals surface area contributed by atoms with Crippen molar-refractivity contribution in [3.63, 3.8) is 0 Å². The normalized spacial score (nSPS) is 15.6. The predicted molar refractivity (Wildman–Crippen MR) is 245 cm³/mol. The summed E-state index contributed by atoms with van der Waals surface area (Å²) in [6.07, 6.45) is 5.53. The molecule has 9 heterocycles. The van der Waals surface area contributed by atoms with Crippen LogP contribution in [-0.2, 0) is 30.7 Å². The number of carbonyl (C=O) groups excluding carboxylic acids is 1. The smallest absolute Gasteiger partial charge is 0.408 e. The fourth-order valence-corrected chi connectivity index (χ4v) is 10.8. The van der Waals surface area contributed by atoms with E-state index in [-0.39, 0.29) is 36.8 Å². The first-order valence-electron chi connectivity index (χ1n) is 22.0. The van der Waals surface area contributed by atoms with Crippen LogP contribution >= 0.6 is 22.7 Å². The third-order valence-corrected chi connectivity index (χ3v) is 14.3. The molecule has 350 valence electrons. The molecular formula is C45H43F3N14O4S2. The summed E-state index contributed by atoms with van der Waals surface area (Å²) in [5, 5.41) is 29.4. The molecule has 2 atom stereocenters. The average molecular weight is 965 g/mol. The third kappa shape index (κ3) is 8.43. The number of ether oxygens (including phenoxy) is 2. The monoisotopic (exact) mass is 964 g/mol. The number of aliphatic hydroxyl groups excluding tert-OH is 1. The molecular weight excluding hydrogens is 922 g/mol. The molecule has 0 radical (unpaired) electrons. The Bertz CT molecular complexity index is 3160. The number of halogens is 3. The Morgan fingerprint density at radius 1 is 0.824 bits per heavy atom. The minimum absolute atomic E-state index is 0.0436. The molecule has 2 unspecified atom stereocenters. The highest BCUT2D eigenvalue weighted by Crippen LogP contribution is 2.44. The van der Waals surface area contributed by atoms with E-state index in [1.165, 1.54) is 11.3 Å². The lowest BCUT2D eigenvalue weighted by Gasteiger charge is -2.40. The second-order valence-corrected chi connectivity index (χ2v) is 19.4. The molecule has 23 heteroatoms. The Morgan fingerprint density at radius 2 is 1.43 bits per heavy atom. The second kappa shape index (κ2) is 17.4. The van der Waals surface area contributed by atoms with Crippen molar-refractivity contribution >= 4 is 28.6 Å². The van der Waals surface area contributed by atoms with Gasteiger partial charge in [-0.25, -0.2) is 29.3 Å². The third-order valence-electron chi connectivity index (χ3n) is 12.1. The van der Waals surface area contributed by atoms with E-state index in [0.29, 0.717) is 54.7 Å². The summed E-state index contributed by atoms with van der Waals surface area (Å²) in [4.78, 5) is 35.2. The Morgan fingerprint density at radius 3 is 2.07 bits per heavy atom. The molecule has 2 aromatic carbocycles. The highest BCUT2D eigenvalue weighted by Gasteiger charge is 2.36. The largest absolute Gasteiger partial charge is 0.492 e. The van der Waals surface area contributed by atoms with Gasteiger partial charge in [0, 0.05) is 82.4 Å². The molecule has 6 aromatic heterocycles. The molecule has 68 heavy (non-hydrogen) atoms. The average Bonchev–Trinajstić information content (AvgIpc) is 4.15. The molecule has 0 saturated carbocycles. The zero-order chi connectivity index (χ0) is 46.8. The van der Waals surface area contributed by atoms with Crippen LogP contribution in [0.2, 0.25) is 0 Å². The molecule has 8 aromatic rings. The molecule has 0 bridgehead atoms. The van der Waals surface area contributed by atoms with E-state index in [1.807, 2.05) is 58.2 Å². The fraction of sp³-hybridized carbons (Fsp3) is 0.356. The molecule has 3 aliphatic heterocycles. The Hall–Kier alpha value is -6.82. The Kier molecular flexibility index (Phi) is 11.2. The van der Waals surface area contributed by atoms with Crippen LogP contribution in [0.1, 0.15) is 42.1 Å². The van der Waals surface area contributed by atoms with Gasteiger partial charge in [-0.2, -0.15) is 33.6 Å². The minimum Gasteiger partial charge on any atom is -0.492 e. The number of benzene rings is 2. The molecule has 0 spiro atoms. The first-order chi connectivity index (χ1) is 32.8. The van der Waals surface area contributed by atoms with Crippen molar-refractivity contribution in [1.29, 1.82) is 0 Å². The van der Waals surface area contributed by atoms with Crippen LogP contribution in [0.25, 0.3) is 66.4 Å². The summed E-state index contributed by atoms with van der Waals surface area (Å²) in [5.41, 5.74) is 13.1. The van der Waals surface area contributed by atoms with Crippen LogP contribution in [0.4, 0.5) is 13.2 Å². The number of hydrogen-bond donors (Lipinski definition) is 2. The zero-order valence-corrected chi connectivity index (χ0v) is 38.2. The summed E-state index contributed by atoms with van der Waals surface area (Å²) in [5.74, 6) is 1.77. The van der Waals surface area contributed by atoms with Gasteiger partial charge in [-0.05, 0) is 55.7 Å². The highest BCUT2D eigenvalue weighted by molar-refractivity contribution is 7.15. The van der Waals surface area contributed by atoms with Crippen molar-refractivity contribution in [2.45, 2.75) is 76.6 Å². The van der Waals surface area contributed by atoms with Crippen molar-refractivity contribution in [2.24, 2.45) is 5.73 Å². The number of thiazole rings is 2. The van der Waals surface area contributed by atoms with E-state index in [4.69, 9.17) is 25.2 Å². The van der Waals surface area contributed by atoms with Crippen molar-refractivity contribution in [1.82, 2.24) is 64.0 Å². The van der Waals surface area contributed by atoms with Gasteiger partial charge >= 0.3 is 6.18 Å². The number of nitrogens with zero attached hydrogens (tertiary/aromatic N) is 13. The van der Waals surface area contributed by atoms with Gasteiger partial charge in [0.25, 0.3) is 5.91 Å². The first-order valence-corrected chi connectivity index (χ1v) is 23.6. The van der Waals surface area contributed by atoms with Gasteiger partial charge < -0.3 is 25.2 Å². The molecule has 0 aliphatic carbocycles. The number of amides is 1. The number of rotatable bonds is 12. The van der Waals surface area contributed by atoms with Gasteiger partial charge in [0.05, 0.1) is 49.6 Å². The number of hydrogen-bond acceptors (Lipinski definition) is 15. The maximum Gasteiger partial charge on any atom is 0.408 e. The van der Waals surface area contributed by atoms with E-state index in [9.17, 15) is 23.1 Å². The number of aromatic nitrogens is 12. The van der Waals surface area contributed by atoms with Crippen LogP contribution < -0.4 is 15.2 Å². The zero-order valence-electron chi connectivity index (χ0n) is 36.6. The lowest BCUT2D eigenvalue weighted by atomic mass is 10.0. The number of aliphatic hydroxyl groups is 1. The van der Waals surface area contributed by atoms with Crippen molar-refractivity contribution < 1.29 is 32.5 Å². The van der Waals surface area contributed by atoms with Crippen molar-refractivity contribution in [2.75, 3.05) is 26.3 Å². The van der Waals surface area contributed by atoms with Crippen molar-refractivity contribution in [3.05, 3.63) is 83.6 Å². The quantitative estimate of drug-likeness (QED) is 0.137. The van der Waals surface area contributed by atoms with E-state index in [0.717, 1.165) is 77.3 Å². The lowest BCUT2D eigenvalue weighted by Crippen LogP contribution is -2.54. The highest BCUT2D eigenvalue weighted by atomic mass is 32.1. The van der Waals surface area contributed by atoms with Gasteiger partial charge in [0.2, 0.25) is 0 Å². The first kappa shape index (κ1) is 43.7. The van der Waals surface area contributed by atoms with E-state index in [1.54, 1.807) is 39.6 Å². The molecule has 11 rings (SSSR count). The van der Waals surface area contributed by atoms with Gasteiger partial charge in [0.1, 0.15) is 36.8 Å². The van der Waals surface area contributed by atoms with Gasteiger partial charge in [0.15, 0.2) is 21.7 Å². The van der Waals surface area contributed by atoms with Gasteiger partial charge in [-0.15, -0.1) is 22.7 Å². The van der Waals surface area contributed by atoms with Crippen LogP contribution in [0, 0.1) is 0 Å². The number of carbonyl (C=O) groups is 1. The van der Waals surface area contributed by atoms with E-state index in [2.05, 4.69) is 44.2 Å². The summed E-state index contributed by atoms with van der Waals surface area (Å²) in [6.45, 7) is 4.83. The SMILES string of the molecule is CC(C)n1ncnc1-c1nc2c(s1)CCOc1cc(-c3cnn(C4CN(C(=O)C(O)CC(N)Cn5cc(-c6ccc7c(c6)OCCc6sc(-c8ncnn8CC(F)(F)F)nc6-7)cn5)C4)c3)ccc1-2. The molecule has 1 saturated heterocycles. The standard InChI is InChI=1S/C45H43F3N14O4S2/c1-24(2)62-41(51-23-55-62)43-57-39-32-6-4-26(12-35(32)66-10-8-37(39)68-43)28-15-53-60(17-28)30-19-58(20-30)44(64)33(63)13-29(49)18-59-16-27(14-52-59)25-3-5-31-34(11-25)65-9-7-36-38(31)56-42(67-36)40-50-22-54-61(40)21-45(46,47)48/h3-6,11-12,14-17,22-24,29-30,33,63H,7-10,13,18-21,49H2,1-2H3. The second-order valence-electron chi connectivity index (χ2n) is 17.2. The van der Waals surface area contributed by atoms with Crippen molar-refractivity contribution in [3.8, 4) is 77.9 Å². The molecule has 1 amide bonds. The maximum atomic E-state index is 13.3. The van der Waals surface area contributed by atoms with Gasteiger partial charge in [-0.1, -0.05) is 12.1 Å². The Balaban J connectivity index is 0.689. The molecule has 3 N–H and O–H groups in total. The number of fused-ring (bicyclic) bond motifs is 6. The van der Waals surface area contributed by atoms with Crippen LogP contribution in [0.15, 0.2) is 73.8 Å². The number of nitrogens with two attached hydrogens (primary N) is 1. The maximum absolute atomic E-state index is 13.3. The Labute approximate surface area is 393 Å². The van der Waals surface area contributed by atoms with E-state index >= 15 is 0 Å². The topological polar surface area (TPSA) is 208 Å². The van der Waals surface area contributed by atoms with Crippen LogP contribution in [0.5, 0.6) is 11.5 Å².